The minimum atomic E-state index is -0.370. The molecule has 96 valence electrons. The Balaban J connectivity index is 1.97. The van der Waals surface area contributed by atoms with E-state index in [1.165, 1.54) is 13.2 Å². The fourth-order valence-electron chi connectivity index (χ4n) is 1.75. The lowest BCUT2D eigenvalue weighted by Crippen LogP contribution is -1.88. The van der Waals surface area contributed by atoms with Crippen LogP contribution in [-0.4, -0.2) is 12.1 Å². The van der Waals surface area contributed by atoms with Crippen LogP contribution in [0, 0.1) is 5.82 Å². The molecule has 0 spiro atoms. The van der Waals surface area contributed by atoms with Gasteiger partial charge in [0, 0.05) is 21.9 Å². The summed E-state index contributed by atoms with van der Waals surface area (Å²) in [6.45, 7) is 0. The Hall–Kier alpha value is -1.72. The second-order valence-electron chi connectivity index (χ2n) is 3.90. The third-order valence-electron chi connectivity index (χ3n) is 2.72. The smallest absolute Gasteiger partial charge is 0.165 e. The van der Waals surface area contributed by atoms with Gasteiger partial charge in [0.15, 0.2) is 11.6 Å². The Morgan fingerprint density at radius 1 is 1.16 bits per heavy atom. The van der Waals surface area contributed by atoms with Crippen molar-refractivity contribution in [3.8, 4) is 27.6 Å². The van der Waals surface area contributed by atoms with E-state index in [4.69, 9.17) is 4.74 Å². The topological polar surface area (TPSA) is 22.1 Å². The van der Waals surface area contributed by atoms with Crippen molar-refractivity contribution in [1.29, 1.82) is 0 Å². The third kappa shape index (κ3) is 2.39. The van der Waals surface area contributed by atoms with Gasteiger partial charge in [0.25, 0.3) is 0 Å². The van der Waals surface area contributed by atoms with E-state index in [-0.39, 0.29) is 11.6 Å². The standard InChI is InChI=1S/C14H10FNOS2/c1-17-13-3-2-9(6-11(13)15)12-8-19-14(16-12)10-4-5-18-7-10/h2-8H,1H3. The molecule has 0 atom stereocenters. The highest BCUT2D eigenvalue weighted by atomic mass is 32.1. The van der Waals surface area contributed by atoms with Crippen LogP contribution in [0.3, 0.4) is 0 Å². The summed E-state index contributed by atoms with van der Waals surface area (Å²) >= 11 is 3.20. The Morgan fingerprint density at radius 3 is 2.74 bits per heavy atom. The van der Waals surface area contributed by atoms with Crippen LogP contribution in [0.2, 0.25) is 0 Å². The van der Waals surface area contributed by atoms with Crippen LogP contribution in [0.25, 0.3) is 21.8 Å². The number of halogens is 1. The molecular weight excluding hydrogens is 281 g/mol. The van der Waals surface area contributed by atoms with Gasteiger partial charge in [-0.25, -0.2) is 9.37 Å². The summed E-state index contributed by atoms with van der Waals surface area (Å²) in [4.78, 5) is 4.54. The molecule has 0 amide bonds. The van der Waals surface area contributed by atoms with Crippen molar-refractivity contribution in [3.05, 3.63) is 46.2 Å². The van der Waals surface area contributed by atoms with E-state index in [1.54, 1.807) is 28.7 Å². The maximum atomic E-state index is 13.7. The van der Waals surface area contributed by atoms with Gasteiger partial charge in [0.05, 0.1) is 12.8 Å². The van der Waals surface area contributed by atoms with Crippen molar-refractivity contribution in [2.45, 2.75) is 0 Å². The number of rotatable bonds is 3. The summed E-state index contributed by atoms with van der Waals surface area (Å²) in [5, 5.41) is 6.96. The lowest BCUT2D eigenvalue weighted by molar-refractivity contribution is 0.386. The van der Waals surface area contributed by atoms with Crippen LogP contribution in [0.15, 0.2) is 40.4 Å². The molecule has 0 N–H and O–H groups in total. The first-order chi connectivity index (χ1) is 9.28. The molecule has 0 bridgehead atoms. The SMILES string of the molecule is COc1ccc(-c2csc(-c3ccsc3)n2)cc1F. The van der Waals surface area contributed by atoms with Crippen molar-refractivity contribution in [3.63, 3.8) is 0 Å². The fraction of sp³-hybridized carbons (Fsp3) is 0.0714. The summed E-state index contributed by atoms with van der Waals surface area (Å²) in [6.07, 6.45) is 0. The van der Waals surface area contributed by atoms with Crippen LogP contribution in [-0.2, 0) is 0 Å². The first-order valence-corrected chi connectivity index (χ1v) is 7.42. The molecule has 0 aliphatic carbocycles. The zero-order valence-electron chi connectivity index (χ0n) is 10.1. The highest BCUT2D eigenvalue weighted by molar-refractivity contribution is 7.14. The largest absolute Gasteiger partial charge is 0.494 e. The number of nitrogens with zero attached hydrogens (tertiary/aromatic N) is 1. The van der Waals surface area contributed by atoms with E-state index >= 15 is 0 Å². The fourth-order valence-corrected chi connectivity index (χ4v) is 3.29. The van der Waals surface area contributed by atoms with Crippen LogP contribution >= 0.6 is 22.7 Å². The molecule has 0 aliphatic rings. The molecule has 0 aliphatic heterocycles. The molecule has 0 saturated carbocycles. The van der Waals surface area contributed by atoms with E-state index in [0.29, 0.717) is 0 Å². The van der Waals surface area contributed by atoms with E-state index in [9.17, 15) is 4.39 Å². The molecule has 0 fully saturated rings. The Kier molecular flexibility index (Phi) is 3.31. The van der Waals surface area contributed by atoms with E-state index < -0.39 is 0 Å². The summed E-state index contributed by atoms with van der Waals surface area (Å²) in [5.74, 6) is -0.123. The maximum absolute atomic E-state index is 13.7. The van der Waals surface area contributed by atoms with Gasteiger partial charge in [-0.1, -0.05) is 0 Å². The number of thiazole rings is 1. The highest BCUT2D eigenvalue weighted by Gasteiger charge is 2.09. The number of hydrogen-bond donors (Lipinski definition) is 0. The maximum Gasteiger partial charge on any atom is 0.165 e. The molecule has 0 saturated heterocycles. The number of hydrogen-bond acceptors (Lipinski definition) is 4. The monoisotopic (exact) mass is 291 g/mol. The number of thiophene rings is 1. The van der Waals surface area contributed by atoms with Gasteiger partial charge in [-0.05, 0) is 29.6 Å². The second-order valence-corrected chi connectivity index (χ2v) is 5.54. The average Bonchev–Trinajstić information content (AvgIpc) is 3.09. The van der Waals surface area contributed by atoms with Crippen molar-refractivity contribution >= 4 is 22.7 Å². The van der Waals surface area contributed by atoms with Crippen LogP contribution in [0.5, 0.6) is 5.75 Å². The number of methoxy groups -OCH3 is 1. The van der Waals surface area contributed by atoms with E-state index in [0.717, 1.165) is 21.8 Å². The summed E-state index contributed by atoms with van der Waals surface area (Å²) < 4.78 is 18.6. The second kappa shape index (κ2) is 5.11. The van der Waals surface area contributed by atoms with Gasteiger partial charge >= 0.3 is 0 Å². The summed E-state index contributed by atoms with van der Waals surface area (Å²) in [7, 11) is 1.45. The highest BCUT2D eigenvalue weighted by Crippen LogP contribution is 2.31. The van der Waals surface area contributed by atoms with Gasteiger partial charge < -0.3 is 4.74 Å². The minimum absolute atomic E-state index is 0.247. The Morgan fingerprint density at radius 2 is 2.05 bits per heavy atom. The number of benzene rings is 1. The van der Waals surface area contributed by atoms with Gasteiger partial charge in [0.2, 0.25) is 0 Å². The minimum Gasteiger partial charge on any atom is -0.494 e. The predicted octanol–water partition coefficient (Wildman–Crippen LogP) is 4.69. The number of aromatic nitrogens is 1. The quantitative estimate of drug-likeness (QED) is 0.698. The first kappa shape index (κ1) is 12.3. The van der Waals surface area contributed by atoms with Crippen molar-refractivity contribution in [2.75, 3.05) is 7.11 Å². The van der Waals surface area contributed by atoms with Gasteiger partial charge in [-0.15, -0.1) is 11.3 Å². The van der Waals surface area contributed by atoms with E-state index in [1.807, 2.05) is 22.9 Å². The molecule has 0 radical (unpaired) electrons. The average molecular weight is 291 g/mol. The third-order valence-corrected chi connectivity index (χ3v) is 4.29. The lowest BCUT2D eigenvalue weighted by atomic mass is 10.1. The molecule has 2 aromatic heterocycles. The zero-order chi connectivity index (χ0) is 13.2. The molecule has 2 heterocycles. The van der Waals surface area contributed by atoms with E-state index in [2.05, 4.69) is 10.4 Å². The molecule has 19 heavy (non-hydrogen) atoms. The van der Waals surface area contributed by atoms with Crippen LogP contribution in [0.1, 0.15) is 0 Å². The zero-order valence-corrected chi connectivity index (χ0v) is 11.7. The molecule has 0 unspecified atom stereocenters. The van der Waals surface area contributed by atoms with Gasteiger partial charge in [-0.3, -0.25) is 0 Å². The normalized spacial score (nSPS) is 10.6. The molecule has 2 nitrogen and oxygen atoms in total. The molecule has 1 aromatic carbocycles. The lowest BCUT2D eigenvalue weighted by Gasteiger charge is -2.02. The van der Waals surface area contributed by atoms with Crippen molar-refractivity contribution in [2.24, 2.45) is 0 Å². The molecule has 3 aromatic rings. The first-order valence-electron chi connectivity index (χ1n) is 5.60. The summed E-state index contributed by atoms with van der Waals surface area (Å²) in [6, 6.07) is 6.91. The van der Waals surface area contributed by atoms with Crippen LogP contribution in [0.4, 0.5) is 4.39 Å². The predicted molar refractivity (Wildman–Crippen MR) is 77.4 cm³/mol. The molecular formula is C14H10FNOS2. The molecule has 5 heteroatoms. The van der Waals surface area contributed by atoms with Crippen molar-refractivity contribution in [1.82, 2.24) is 4.98 Å². The Labute approximate surface area is 118 Å². The summed E-state index contributed by atoms with van der Waals surface area (Å²) in [5.41, 5.74) is 2.65. The number of ether oxygens (including phenoxy) is 1. The van der Waals surface area contributed by atoms with Gasteiger partial charge in [-0.2, -0.15) is 11.3 Å². The van der Waals surface area contributed by atoms with Gasteiger partial charge in [0.1, 0.15) is 5.01 Å². The van der Waals surface area contributed by atoms with Crippen molar-refractivity contribution < 1.29 is 9.13 Å². The van der Waals surface area contributed by atoms with Crippen LogP contribution < -0.4 is 4.74 Å². The Bertz CT molecular complexity index is 691. The molecule has 3 rings (SSSR count).